The minimum atomic E-state index is -1.10. The highest BCUT2D eigenvalue weighted by Crippen LogP contribution is 2.26. The molecule has 1 N–H and O–H groups in total. The van der Waals surface area contributed by atoms with Gasteiger partial charge in [0.25, 0.3) is 0 Å². The molecule has 0 bridgehead atoms. The van der Waals surface area contributed by atoms with Crippen molar-refractivity contribution in [2.75, 3.05) is 0 Å². The summed E-state index contributed by atoms with van der Waals surface area (Å²) >= 11 is 0. The first-order valence-electron chi connectivity index (χ1n) is 5.05. The van der Waals surface area contributed by atoms with Gasteiger partial charge in [0.15, 0.2) is 5.78 Å². The van der Waals surface area contributed by atoms with Crippen molar-refractivity contribution >= 4 is 5.78 Å². The lowest BCUT2D eigenvalue weighted by molar-refractivity contribution is -0.138. The molecule has 13 heavy (non-hydrogen) atoms. The third-order valence-corrected chi connectivity index (χ3v) is 2.75. The molecule has 1 fully saturated rings. The number of ketones is 1. The summed E-state index contributed by atoms with van der Waals surface area (Å²) in [5, 5.41) is 10.0. The molecule has 0 saturated heterocycles. The zero-order valence-electron chi connectivity index (χ0n) is 8.09. The third kappa shape index (κ3) is 2.66. The highest BCUT2D eigenvalue weighted by atomic mass is 16.3. The molecule has 1 unspecified atom stereocenters. The van der Waals surface area contributed by atoms with Gasteiger partial charge in [-0.2, -0.15) is 0 Å². The Morgan fingerprint density at radius 3 is 2.77 bits per heavy atom. The van der Waals surface area contributed by atoms with Gasteiger partial charge in [0.05, 0.1) is 0 Å². The van der Waals surface area contributed by atoms with E-state index in [1.165, 1.54) is 0 Å². The van der Waals surface area contributed by atoms with E-state index in [0.717, 1.165) is 25.7 Å². The molecule has 1 saturated carbocycles. The Bertz CT molecular complexity index is 198. The maximum atomic E-state index is 11.6. The molecule has 0 spiro atoms. The predicted molar refractivity (Wildman–Crippen MR) is 52.5 cm³/mol. The molecular weight excluding hydrogens is 164 g/mol. The summed E-state index contributed by atoms with van der Waals surface area (Å²) in [7, 11) is 0. The minimum absolute atomic E-state index is 0.00657. The Kier molecular flexibility index (Phi) is 3.67. The van der Waals surface area contributed by atoms with Crippen LogP contribution in [0.25, 0.3) is 0 Å². The van der Waals surface area contributed by atoms with E-state index in [2.05, 4.69) is 6.58 Å². The average molecular weight is 182 g/mol. The Morgan fingerprint density at radius 1 is 1.38 bits per heavy atom. The van der Waals surface area contributed by atoms with Crippen molar-refractivity contribution < 1.29 is 9.90 Å². The molecule has 0 aromatic heterocycles. The first-order chi connectivity index (χ1) is 6.19. The smallest absolute Gasteiger partial charge is 0.164 e. The second-order valence-electron chi connectivity index (χ2n) is 3.86. The lowest BCUT2D eigenvalue weighted by Crippen LogP contribution is -2.38. The SMILES string of the molecule is C=CCC1(O)CCCCCCC1=O. The second kappa shape index (κ2) is 4.56. The summed E-state index contributed by atoms with van der Waals surface area (Å²) in [6.45, 7) is 3.58. The van der Waals surface area contributed by atoms with Crippen molar-refractivity contribution in [1.82, 2.24) is 0 Å². The number of aliphatic hydroxyl groups is 1. The second-order valence-corrected chi connectivity index (χ2v) is 3.86. The Labute approximate surface area is 79.6 Å². The minimum Gasteiger partial charge on any atom is -0.382 e. The van der Waals surface area contributed by atoms with E-state index in [4.69, 9.17) is 0 Å². The van der Waals surface area contributed by atoms with Gasteiger partial charge >= 0.3 is 0 Å². The topological polar surface area (TPSA) is 37.3 Å². The molecule has 0 aliphatic heterocycles. The van der Waals surface area contributed by atoms with Crippen LogP contribution in [0.15, 0.2) is 12.7 Å². The number of rotatable bonds is 2. The molecule has 1 aliphatic carbocycles. The van der Waals surface area contributed by atoms with Gasteiger partial charge < -0.3 is 5.11 Å². The van der Waals surface area contributed by atoms with Crippen LogP contribution < -0.4 is 0 Å². The maximum absolute atomic E-state index is 11.6. The molecule has 1 rings (SSSR count). The third-order valence-electron chi connectivity index (χ3n) is 2.75. The largest absolute Gasteiger partial charge is 0.382 e. The maximum Gasteiger partial charge on any atom is 0.164 e. The summed E-state index contributed by atoms with van der Waals surface area (Å²) in [6, 6.07) is 0. The summed E-state index contributed by atoms with van der Waals surface area (Å²) in [5.74, 6) is 0.00657. The van der Waals surface area contributed by atoms with E-state index in [-0.39, 0.29) is 5.78 Å². The van der Waals surface area contributed by atoms with Gasteiger partial charge in [-0.05, 0) is 12.8 Å². The fourth-order valence-electron chi connectivity index (χ4n) is 1.88. The van der Waals surface area contributed by atoms with Crippen LogP contribution in [0, 0.1) is 0 Å². The van der Waals surface area contributed by atoms with Crippen LogP contribution in [-0.4, -0.2) is 16.5 Å². The Morgan fingerprint density at radius 2 is 2.08 bits per heavy atom. The van der Waals surface area contributed by atoms with Crippen LogP contribution in [-0.2, 0) is 4.79 Å². The number of carbonyl (C=O) groups excluding carboxylic acids is 1. The van der Waals surface area contributed by atoms with Crippen LogP contribution in [0.1, 0.15) is 44.9 Å². The van der Waals surface area contributed by atoms with E-state index >= 15 is 0 Å². The summed E-state index contributed by atoms with van der Waals surface area (Å²) in [5.41, 5.74) is -1.10. The molecular formula is C11H18O2. The zero-order valence-corrected chi connectivity index (χ0v) is 8.09. The highest BCUT2D eigenvalue weighted by Gasteiger charge is 2.33. The fraction of sp³-hybridized carbons (Fsp3) is 0.727. The average Bonchev–Trinajstić information content (AvgIpc) is 2.09. The first kappa shape index (κ1) is 10.5. The van der Waals surface area contributed by atoms with Gasteiger partial charge in [-0.3, -0.25) is 4.79 Å². The van der Waals surface area contributed by atoms with E-state index in [0.29, 0.717) is 19.3 Å². The van der Waals surface area contributed by atoms with Gasteiger partial charge in [0, 0.05) is 12.8 Å². The van der Waals surface area contributed by atoms with E-state index < -0.39 is 5.60 Å². The summed E-state index contributed by atoms with van der Waals surface area (Å²) in [4.78, 5) is 11.6. The molecule has 0 amide bonds. The highest BCUT2D eigenvalue weighted by molar-refractivity contribution is 5.87. The van der Waals surface area contributed by atoms with Crippen LogP contribution in [0.3, 0.4) is 0 Å². The standard InChI is InChI=1S/C11H18O2/c1-2-8-11(13)9-6-4-3-5-7-10(11)12/h2,13H,1,3-9H2. The number of carbonyl (C=O) groups is 1. The normalized spacial score (nSPS) is 30.7. The van der Waals surface area contributed by atoms with E-state index in [1.807, 2.05) is 0 Å². The molecule has 0 radical (unpaired) electrons. The van der Waals surface area contributed by atoms with Crippen molar-refractivity contribution in [1.29, 1.82) is 0 Å². The van der Waals surface area contributed by atoms with Crippen LogP contribution in [0.4, 0.5) is 0 Å². The molecule has 1 aliphatic rings. The molecule has 1 atom stereocenters. The Hall–Kier alpha value is -0.630. The van der Waals surface area contributed by atoms with Crippen molar-refractivity contribution in [3.63, 3.8) is 0 Å². The van der Waals surface area contributed by atoms with Gasteiger partial charge in [-0.25, -0.2) is 0 Å². The van der Waals surface area contributed by atoms with Crippen LogP contribution in [0.5, 0.6) is 0 Å². The fourth-order valence-corrected chi connectivity index (χ4v) is 1.88. The molecule has 74 valence electrons. The lowest BCUT2D eigenvalue weighted by Gasteiger charge is -2.27. The molecule has 0 heterocycles. The van der Waals surface area contributed by atoms with Gasteiger partial charge in [-0.1, -0.05) is 25.3 Å². The first-order valence-corrected chi connectivity index (χ1v) is 5.05. The quantitative estimate of drug-likeness (QED) is 0.665. The lowest BCUT2D eigenvalue weighted by atomic mass is 9.83. The van der Waals surface area contributed by atoms with Gasteiger partial charge in [-0.15, -0.1) is 6.58 Å². The van der Waals surface area contributed by atoms with Gasteiger partial charge in [0.1, 0.15) is 5.60 Å². The predicted octanol–water partition coefficient (Wildman–Crippen LogP) is 2.22. The number of Topliss-reactive ketones (excluding diaryl/α,β-unsaturated/α-hetero) is 1. The van der Waals surface area contributed by atoms with Crippen molar-refractivity contribution in [3.8, 4) is 0 Å². The van der Waals surface area contributed by atoms with Crippen molar-refractivity contribution in [3.05, 3.63) is 12.7 Å². The van der Waals surface area contributed by atoms with Crippen LogP contribution in [0.2, 0.25) is 0 Å². The zero-order chi connectivity index (χ0) is 9.73. The number of hydrogen-bond donors (Lipinski definition) is 1. The number of hydrogen-bond acceptors (Lipinski definition) is 2. The van der Waals surface area contributed by atoms with E-state index in [1.54, 1.807) is 6.08 Å². The molecule has 2 heteroatoms. The monoisotopic (exact) mass is 182 g/mol. The van der Waals surface area contributed by atoms with E-state index in [9.17, 15) is 9.90 Å². The van der Waals surface area contributed by atoms with Gasteiger partial charge in [0.2, 0.25) is 0 Å². The summed E-state index contributed by atoms with van der Waals surface area (Å²) < 4.78 is 0. The van der Waals surface area contributed by atoms with Crippen LogP contribution >= 0.6 is 0 Å². The van der Waals surface area contributed by atoms with Crippen molar-refractivity contribution in [2.45, 2.75) is 50.5 Å². The summed E-state index contributed by atoms with van der Waals surface area (Å²) in [6.07, 6.45) is 7.32. The molecule has 0 aromatic rings. The van der Waals surface area contributed by atoms with Crippen molar-refractivity contribution in [2.24, 2.45) is 0 Å². The molecule has 0 aromatic carbocycles. The Balaban J connectivity index is 2.64. The molecule has 2 nitrogen and oxygen atoms in total.